The quantitative estimate of drug-likeness (QED) is 0.0261. The van der Waals surface area contributed by atoms with Crippen molar-refractivity contribution in [1.82, 2.24) is 19.4 Å². The number of nitrogens with zero attached hydrogens (tertiary/aromatic N) is 2. The molecule has 0 radical (unpaired) electrons. The zero-order valence-corrected chi connectivity index (χ0v) is 39.6. The van der Waals surface area contributed by atoms with Crippen molar-refractivity contribution in [2.75, 3.05) is 48.4 Å². The van der Waals surface area contributed by atoms with Gasteiger partial charge in [-0.05, 0) is 117 Å². The second kappa shape index (κ2) is 21.4. The van der Waals surface area contributed by atoms with E-state index in [2.05, 4.69) is 21.3 Å². The molecule has 0 saturated heterocycles. The third kappa shape index (κ3) is 10.6. The number of carbonyl (C=O) groups is 8. The molecule has 0 saturated carbocycles. The number of nitrogens with two attached hydrogens (primary N) is 2. The van der Waals surface area contributed by atoms with Gasteiger partial charge in [-0.1, -0.05) is 18.2 Å². The summed E-state index contributed by atoms with van der Waals surface area (Å²) in [5.41, 5.74) is 15.0. The second-order valence-corrected chi connectivity index (χ2v) is 16.7. The summed E-state index contributed by atoms with van der Waals surface area (Å²) in [6.07, 6.45) is 3.32. The van der Waals surface area contributed by atoms with Crippen LogP contribution >= 0.6 is 0 Å². The van der Waals surface area contributed by atoms with E-state index in [1.165, 1.54) is 66.7 Å². The summed E-state index contributed by atoms with van der Waals surface area (Å²) >= 11 is 0. The number of nitrogen functional groups attached to an aromatic ring is 2. The van der Waals surface area contributed by atoms with Gasteiger partial charge in [-0.2, -0.15) is 0 Å². The Morgan fingerprint density at radius 1 is 0.500 bits per heavy atom. The second-order valence-electron chi connectivity index (χ2n) is 16.7. The first kappa shape index (κ1) is 50.2. The molecule has 8 aromatic rings. The molecular weight excluding hydrogens is 953 g/mol. The normalized spacial score (nSPS) is 10.9. The summed E-state index contributed by atoms with van der Waals surface area (Å²) in [7, 11) is 0. The van der Waals surface area contributed by atoms with Gasteiger partial charge in [-0.15, -0.1) is 0 Å². The number of ketones is 2. The van der Waals surface area contributed by atoms with Crippen molar-refractivity contribution in [1.29, 1.82) is 0 Å². The van der Waals surface area contributed by atoms with E-state index in [0.29, 0.717) is 39.3 Å². The number of carboxylic acid groups (broad SMARTS) is 2. The van der Waals surface area contributed by atoms with Crippen LogP contribution in [0.3, 0.4) is 0 Å². The van der Waals surface area contributed by atoms with Crippen LogP contribution in [0.25, 0.3) is 11.0 Å². The van der Waals surface area contributed by atoms with E-state index in [9.17, 15) is 48.6 Å². The monoisotopic (exact) mass is 998 g/mol. The molecule has 0 spiro atoms. The van der Waals surface area contributed by atoms with Crippen molar-refractivity contribution in [3.8, 4) is 11.5 Å². The van der Waals surface area contributed by atoms with E-state index < -0.39 is 53.7 Å². The molecule has 10 N–H and O–H groups in total. The molecule has 4 amide bonds. The number of carboxylic acids is 2. The van der Waals surface area contributed by atoms with Crippen molar-refractivity contribution in [2.24, 2.45) is 0 Å². The summed E-state index contributed by atoms with van der Waals surface area (Å²) in [5.74, 6) is -4.96. The molecule has 0 bridgehead atoms. The van der Waals surface area contributed by atoms with E-state index in [-0.39, 0.29) is 81.6 Å². The molecule has 74 heavy (non-hydrogen) atoms. The van der Waals surface area contributed by atoms with Gasteiger partial charge in [0, 0.05) is 70.2 Å². The number of aromatic nitrogens is 2. The number of ether oxygens (including phenoxy) is 2. The van der Waals surface area contributed by atoms with Crippen LogP contribution in [-0.4, -0.2) is 92.5 Å². The molecule has 20 nitrogen and oxygen atoms in total. The Kier molecular flexibility index (Phi) is 14.5. The SMILES string of the molecule is Cc1c(NC(=O)c2ccc(OCC(=O)NCCNC(=O)COc3cccc(C(=O)Nc4c(C)c(C(=O)c5ccc(N)c(C(=O)O)c5)n5ccccc45)c3)cc2)c2ccccn2c1C(=O)c1ccc(N)c(C(=O)O)c1. The number of hydrogen-bond donors (Lipinski definition) is 8. The van der Waals surface area contributed by atoms with Crippen LogP contribution in [0, 0.1) is 13.8 Å². The molecular formula is C54H46N8O12. The number of nitrogens with one attached hydrogen (secondary N) is 4. The minimum absolute atomic E-state index is 0.0120. The number of fused-ring (bicyclic) bond motifs is 2. The average Bonchev–Trinajstić information content (AvgIpc) is 3.84. The van der Waals surface area contributed by atoms with Crippen LogP contribution in [0.2, 0.25) is 0 Å². The maximum absolute atomic E-state index is 13.8. The lowest BCUT2D eigenvalue weighted by molar-refractivity contribution is -0.124. The fourth-order valence-electron chi connectivity index (χ4n) is 8.18. The zero-order valence-electron chi connectivity index (χ0n) is 39.6. The van der Waals surface area contributed by atoms with Crippen molar-refractivity contribution in [3.05, 3.63) is 190 Å². The van der Waals surface area contributed by atoms with Gasteiger partial charge < -0.3 is 61.2 Å². The Balaban J connectivity index is 0.788. The summed E-state index contributed by atoms with van der Waals surface area (Å²) in [6.45, 7) is 2.71. The molecule has 374 valence electrons. The summed E-state index contributed by atoms with van der Waals surface area (Å²) in [5, 5.41) is 30.1. The van der Waals surface area contributed by atoms with Crippen LogP contribution in [-0.2, 0) is 9.59 Å². The van der Waals surface area contributed by atoms with Crippen LogP contribution in [0.4, 0.5) is 22.7 Å². The third-order valence-corrected chi connectivity index (χ3v) is 11.9. The molecule has 0 aliphatic rings. The largest absolute Gasteiger partial charge is 0.484 e. The van der Waals surface area contributed by atoms with Crippen LogP contribution in [0.1, 0.15) is 84.7 Å². The molecule has 0 aliphatic carbocycles. The van der Waals surface area contributed by atoms with Crippen molar-refractivity contribution < 1.29 is 58.0 Å². The summed E-state index contributed by atoms with van der Waals surface area (Å²) in [4.78, 5) is 103. The third-order valence-electron chi connectivity index (χ3n) is 11.9. The smallest absolute Gasteiger partial charge is 0.337 e. The Morgan fingerprint density at radius 3 is 1.42 bits per heavy atom. The highest BCUT2D eigenvalue weighted by atomic mass is 16.5. The van der Waals surface area contributed by atoms with Crippen molar-refractivity contribution in [3.63, 3.8) is 0 Å². The first-order valence-corrected chi connectivity index (χ1v) is 22.7. The van der Waals surface area contributed by atoms with Crippen LogP contribution < -0.4 is 42.2 Å². The lowest BCUT2D eigenvalue weighted by Gasteiger charge is -2.11. The molecule has 4 heterocycles. The molecule has 4 aromatic carbocycles. The number of amides is 4. The number of carbonyl (C=O) groups excluding carboxylic acids is 6. The Bertz CT molecular complexity index is 3600. The molecule has 20 heteroatoms. The van der Waals surface area contributed by atoms with E-state index in [1.54, 1.807) is 89.6 Å². The average molecular weight is 999 g/mol. The Labute approximate surface area is 420 Å². The lowest BCUT2D eigenvalue weighted by Crippen LogP contribution is -2.38. The fourth-order valence-corrected chi connectivity index (χ4v) is 8.18. The highest BCUT2D eigenvalue weighted by Gasteiger charge is 2.26. The highest BCUT2D eigenvalue weighted by Crippen LogP contribution is 2.33. The van der Waals surface area contributed by atoms with E-state index in [1.807, 2.05) is 0 Å². The summed E-state index contributed by atoms with van der Waals surface area (Å²) < 4.78 is 14.5. The molecule has 0 fully saturated rings. The van der Waals surface area contributed by atoms with Crippen LogP contribution in [0.5, 0.6) is 11.5 Å². The topological polar surface area (TPSA) is 304 Å². The van der Waals surface area contributed by atoms with Crippen molar-refractivity contribution in [2.45, 2.75) is 13.8 Å². The van der Waals surface area contributed by atoms with Gasteiger partial charge in [0.2, 0.25) is 11.6 Å². The van der Waals surface area contributed by atoms with E-state index in [4.69, 9.17) is 20.9 Å². The predicted molar refractivity (Wildman–Crippen MR) is 273 cm³/mol. The van der Waals surface area contributed by atoms with E-state index >= 15 is 0 Å². The fraction of sp³-hybridized carbons (Fsp3) is 0.111. The van der Waals surface area contributed by atoms with Gasteiger partial charge >= 0.3 is 11.9 Å². The number of pyridine rings is 2. The molecule has 4 aromatic heterocycles. The summed E-state index contributed by atoms with van der Waals surface area (Å²) in [6, 6.07) is 30.6. The lowest BCUT2D eigenvalue weighted by atomic mass is 10.0. The number of anilines is 4. The maximum Gasteiger partial charge on any atom is 0.337 e. The van der Waals surface area contributed by atoms with Gasteiger partial charge in [0.15, 0.2) is 13.2 Å². The van der Waals surface area contributed by atoms with Gasteiger partial charge in [0.1, 0.15) is 11.5 Å². The molecule has 0 unspecified atom stereocenters. The van der Waals surface area contributed by atoms with Crippen LogP contribution in [0.15, 0.2) is 134 Å². The molecule has 0 aliphatic heterocycles. The zero-order chi connectivity index (χ0) is 52.8. The number of aromatic carboxylic acids is 2. The Hall–Kier alpha value is -10.2. The first-order valence-electron chi connectivity index (χ1n) is 22.7. The van der Waals surface area contributed by atoms with Gasteiger partial charge in [0.05, 0.1) is 44.9 Å². The molecule has 0 atom stereocenters. The minimum Gasteiger partial charge on any atom is -0.484 e. The number of rotatable bonds is 19. The molecule has 8 rings (SSSR count). The van der Waals surface area contributed by atoms with Gasteiger partial charge in [-0.3, -0.25) is 28.8 Å². The van der Waals surface area contributed by atoms with Crippen molar-refractivity contribution >= 4 is 80.9 Å². The number of hydrogen-bond acceptors (Lipinski definition) is 12. The van der Waals surface area contributed by atoms with Gasteiger partial charge in [0.25, 0.3) is 23.6 Å². The predicted octanol–water partition coefficient (Wildman–Crippen LogP) is 6.03. The standard InChI is InChI=1S/C54H46N8O12/c1-29-45(41-10-3-5-22-61(41)47(29)49(65)32-14-18-39(55)37(25-32)53(69)70)59-51(67)31-12-16-35(17-13-31)73-27-43(63)57-20-21-58-44(64)28-74-36-9-7-8-34(24-36)52(68)60-46-30(2)48(62-23-6-4-11-42(46)62)50(66)33-15-19-40(56)38(26-33)54(71)72/h3-19,22-26H,20-21,27-28,55-56H2,1-2H3,(H,57,63)(H,58,64)(H,59,67)(H,60,68)(H,69,70)(H,71,72). The van der Waals surface area contributed by atoms with E-state index in [0.717, 1.165) is 0 Å². The van der Waals surface area contributed by atoms with Gasteiger partial charge in [-0.25, -0.2) is 9.59 Å². The number of benzene rings is 4. The minimum atomic E-state index is -1.28. The maximum atomic E-state index is 13.8. The highest BCUT2D eigenvalue weighted by molar-refractivity contribution is 6.16. The first-order chi connectivity index (χ1) is 35.5. The Morgan fingerprint density at radius 2 is 0.946 bits per heavy atom.